The second-order valence-corrected chi connectivity index (χ2v) is 3.59. The molecule has 0 fully saturated rings. The maximum atomic E-state index is 11.6. The third-order valence-corrected chi connectivity index (χ3v) is 2.23. The summed E-state index contributed by atoms with van der Waals surface area (Å²) in [6, 6.07) is 5.34. The molecule has 2 amide bonds. The van der Waals surface area contributed by atoms with E-state index in [9.17, 15) is 9.59 Å². The molecule has 0 bridgehead atoms. The molecular formula is C10H8ClN5O2. The predicted molar refractivity (Wildman–Crippen MR) is 66.7 cm³/mol. The molecule has 92 valence electrons. The summed E-state index contributed by atoms with van der Waals surface area (Å²) >= 11 is 5.78. The van der Waals surface area contributed by atoms with Crippen molar-refractivity contribution in [3.63, 3.8) is 0 Å². The van der Waals surface area contributed by atoms with Gasteiger partial charge in [0.15, 0.2) is 11.0 Å². The molecule has 0 aliphatic carbocycles. The lowest BCUT2D eigenvalue weighted by molar-refractivity contribution is 0.262. The first kappa shape index (κ1) is 12.1. The first-order valence-electron chi connectivity index (χ1n) is 4.89. The van der Waals surface area contributed by atoms with Crippen LogP contribution >= 0.6 is 11.6 Å². The highest BCUT2D eigenvalue weighted by atomic mass is 35.5. The van der Waals surface area contributed by atoms with Crippen molar-refractivity contribution >= 4 is 29.1 Å². The maximum Gasteiger partial charge on any atom is 0.324 e. The molecule has 2 aromatic rings. The van der Waals surface area contributed by atoms with Gasteiger partial charge in [-0.15, -0.1) is 0 Å². The van der Waals surface area contributed by atoms with Crippen molar-refractivity contribution in [2.45, 2.75) is 0 Å². The van der Waals surface area contributed by atoms with Gasteiger partial charge in [-0.25, -0.2) is 14.9 Å². The number of carbonyl (C=O) groups excluding carboxylic acids is 1. The van der Waals surface area contributed by atoms with Gasteiger partial charge in [-0.1, -0.05) is 11.6 Å². The van der Waals surface area contributed by atoms with E-state index in [1.54, 1.807) is 12.1 Å². The number of pyridine rings is 1. The summed E-state index contributed by atoms with van der Waals surface area (Å²) in [4.78, 5) is 26.2. The highest BCUT2D eigenvalue weighted by molar-refractivity contribution is 6.32. The molecule has 7 nitrogen and oxygen atoms in total. The summed E-state index contributed by atoms with van der Waals surface area (Å²) in [5, 5.41) is 10.9. The number of hydrogen-bond donors (Lipinski definition) is 3. The Labute approximate surface area is 106 Å². The van der Waals surface area contributed by atoms with Crippen LogP contribution in [0.3, 0.4) is 0 Å². The van der Waals surface area contributed by atoms with Crippen molar-refractivity contribution in [1.82, 2.24) is 15.2 Å². The fourth-order valence-electron chi connectivity index (χ4n) is 1.16. The van der Waals surface area contributed by atoms with Crippen molar-refractivity contribution in [3.8, 4) is 0 Å². The van der Waals surface area contributed by atoms with Crippen LogP contribution in [0, 0.1) is 0 Å². The first-order valence-corrected chi connectivity index (χ1v) is 5.27. The Balaban J connectivity index is 2.03. The Bertz CT molecular complexity index is 607. The standard InChI is InChI=1S/C10H8ClN5O2/c11-9-6(2-1-5-12-9)13-10(18)14-7-3-4-8(17)16-15-7/h1-5H,(H,16,17)(H2,13,14,15,18). The molecule has 0 radical (unpaired) electrons. The van der Waals surface area contributed by atoms with E-state index in [4.69, 9.17) is 11.6 Å². The summed E-state index contributed by atoms with van der Waals surface area (Å²) in [6.07, 6.45) is 1.51. The highest BCUT2D eigenvalue weighted by Crippen LogP contribution is 2.17. The molecule has 0 saturated heterocycles. The van der Waals surface area contributed by atoms with E-state index < -0.39 is 6.03 Å². The molecule has 0 spiro atoms. The van der Waals surface area contributed by atoms with Crippen LogP contribution in [0.5, 0.6) is 0 Å². The number of aromatic nitrogens is 3. The Morgan fingerprint density at radius 1 is 1.28 bits per heavy atom. The predicted octanol–water partition coefficient (Wildman–Crippen LogP) is 1.46. The van der Waals surface area contributed by atoms with Crippen LogP contribution in [-0.4, -0.2) is 21.2 Å². The third kappa shape index (κ3) is 3.05. The van der Waals surface area contributed by atoms with Crippen molar-refractivity contribution in [2.24, 2.45) is 0 Å². The average molecular weight is 266 g/mol. The van der Waals surface area contributed by atoms with E-state index in [1.165, 1.54) is 18.3 Å². The molecule has 3 N–H and O–H groups in total. The van der Waals surface area contributed by atoms with Crippen LogP contribution in [0.4, 0.5) is 16.3 Å². The minimum Gasteiger partial charge on any atom is -0.305 e. The zero-order chi connectivity index (χ0) is 13.0. The van der Waals surface area contributed by atoms with Gasteiger partial charge in [-0.05, 0) is 18.2 Å². The summed E-state index contributed by atoms with van der Waals surface area (Å²) in [5.74, 6) is 0.215. The number of amides is 2. The number of rotatable bonds is 2. The molecule has 8 heteroatoms. The van der Waals surface area contributed by atoms with Gasteiger partial charge in [-0.3, -0.25) is 10.1 Å². The Morgan fingerprint density at radius 3 is 2.78 bits per heavy atom. The fourth-order valence-corrected chi connectivity index (χ4v) is 1.33. The van der Waals surface area contributed by atoms with Gasteiger partial charge >= 0.3 is 6.03 Å². The molecular weight excluding hydrogens is 258 g/mol. The number of nitrogens with one attached hydrogen (secondary N) is 3. The third-order valence-electron chi connectivity index (χ3n) is 1.93. The quantitative estimate of drug-likeness (QED) is 0.716. The van der Waals surface area contributed by atoms with E-state index in [2.05, 4.69) is 25.8 Å². The largest absolute Gasteiger partial charge is 0.324 e. The van der Waals surface area contributed by atoms with Crippen molar-refractivity contribution in [3.05, 3.63) is 46.0 Å². The number of anilines is 2. The minimum atomic E-state index is -0.538. The summed E-state index contributed by atoms with van der Waals surface area (Å²) in [5.41, 5.74) is 0.0253. The van der Waals surface area contributed by atoms with Gasteiger partial charge in [0.2, 0.25) is 0 Å². The molecule has 2 aromatic heterocycles. The number of H-pyrrole nitrogens is 1. The number of halogens is 1. The Hall–Kier alpha value is -2.41. The molecule has 0 atom stereocenters. The van der Waals surface area contributed by atoms with Gasteiger partial charge < -0.3 is 5.32 Å². The Morgan fingerprint density at radius 2 is 2.11 bits per heavy atom. The number of nitrogens with zero attached hydrogens (tertiary/aromatic N) is 2. The van der Waals surface area contributed by atoms with Crippen LogP contribution < -0.4 is 16.2 Å². The Kier molecular flexibility index (Phi) is 3.54. The number of urea groups is 1. The van der Waals surface area contributed by atoms with E-state index in [1.807, 2.05) is 0 Å². The van der Waals surface area contributed by atoms with Crippen LogP contribution in [0.2, 0.25) is 5.15 Å². The van der Waals surface area contributed by atoms with E-state index >= 15 is 0 Å². The summed E-state index contributed by atoms with van der Waals surface area (Å²) < 4.78 is 0. The van der Waals surface area contributed by atoms with Gasteiger partial charge in [0.25, 0.3) is 5.56 Å². The SMILES string of the molecule is O=C(Nc1ccc(=O)[nH]n1)Nc1cccnc1Cl. The molecule has 2 rings (SSSR count). The fraction of sp³-hybridized carbons (Fsp3) is 0. The first-order chi connectivity index (χ1) is 8.65. The van der Waals surface area contributed by atoms with Crippen molar-refractivity contribution in [1.29, 1.82) is 0 Å². The number of carbonyl (C=O) groups is 1. The number of hydrogen-bond acceptors (Lipinski definition) is 4. The van der Waals surface area contributed by atoms with Gasteiger partial charge in [0.05, 0.1) is 5.69 Å². The molecule has 0 aliphatic heterocycles. The van der Waals surface area contributed by atoms with Crippen LogP contribution in [0.1, 0.15) is 0 Å². The molecule has 0 saturated carbocycles. The zero-order valence-electron chi connectivity index (χ0n) is 8.98. The van der Waals surface area contributed by atoms with Crippen molar-refractivity contribution in [2.75, 3.05) is 10.6 Å². The zero-order valence-corrected chi connectivity index (χ0v) is 9.73. The average Bonchev–Trinajstić information content (AvgIpc) is 2.35. The molecule has 0 aliphatic rings. The molecule has 2 heterocycles. The van der Waals surface area contributed by atoms with Gasteiger partial charge in [-0.2, -0.15) is 5.10 Å². The highest BCUT2D eigenvalue weighted by Gasteiger charge is 2.06. The molecule has 0 aromatic carbocycles. The lowest BCUT2D eigenvalue weighted by Gasteiger charge is -2.06. The van der Waals surface area contributed by atoms with E-state index in [-0.39, 0.29) is 16.5 Å². The summed E-state index contributed by atoms with van der Waals surface area (Å²) in [6.45, 7) is 0. The van der Waals surface area contributed by atoms with Gasteiger partial charge in [0.1, 0.15) is 0 Å². The van der Waals surface area contributed by atoms with Gasteiger partial charge in [0, 0.05) is 12.3 Å². The van der Waals surface area contributed by atoms with E-state index in [0.717, 1.165) is 0 Å². The van der Waals surface area contributed by atoms with Crippen LogP contribution in [0.25, 0.3) is 0 Å². The second-order valence-electron chi connectivity index (χ2n) is 3.23. The molecule has 0 unspecified atom stereocenters. The van der Waals surface area contributed by atoms with E-state index in [0.29, 0.717) is 5.69 Å². The second kappa shape index (κ2) is 5.28. The van der Waals surface area contributed by atoms with Crippen molar-refractivity contribution < 1.29 is 4.79 Å². The lowest BCUT2D eigenvalue weighted by Crippen LogP contribution is -2.21. The topological polar surface area (TPSA) is 99.8 Å². The van der Waals surface area contributed by atoms with Crippen LogP contribution in [-0.2, 0) is 0 Å². The lowest BCUT2D eigenvalue weighted by atomic mass is 10.4. The monoisotopic (exact) mass is 265 g/mol. The normalized spacial score (nSPS) is 9.83. The summed E-state index contributed by atoms with van der Waals surface area (Å²) in [7, 11) is 0. The smallest absolute Gasteiger partial charge is 0.305 e. The van der Waals surface area contributed by atoms with Crippen LogP contribution in [0.15, 0.2) is 35.3 Å². The molecule has 18 heavy (non-hydrogen) atoms. The maximum absolute atomic E-state index is 11.6. The number of aromatic amines is 1. The minimum absolute atomic E-state index is 0.182.